The van der Waals surface area contributed by atoms with Gasteiger partial charge in [-0.15, -0.1) is 72.8 Å². The first-order valence-electron chi connectivity index (χ1n) is 7.18. The standard InChI is InChI=1S/C16H13N2.ClH.F6P.Pt/c1-3-10-17-15(8-1)13-6-5-7-14(12-13)16-9-2-4-11-18-16;;1-7(2,3,4,5)6;/h1-9H,10-11H2;1H;;/q-3;;-1;+2/p-1. The third-order valence-electron chi connectivity index (χ3n) is 2.86. The molecule has 27 heavy (non-hydrogen) atoms. The first-order valence-corrected chi connectivity index (χ1v) is 12.0. The van der Waals surface area contributed by atoms with Crippen LogP contribution >= 0.6 is 17.2 Å². The Morgan fingerprint density at radius 2 is 1.19 bits per heavy atom. The van der Waals surface area contributed by atoms with Crippen molar-refractivity contribution in [3.63, 3.8) is 0 Å². The van der Waals surface area contributed by atoms with Gasteiger partial charge in [0.25, 0.3) is 0 Å². The molecule has 0 aliphatic carbocycles. The van der Waals surface area contributed by atoms with E-state index in [-0.39, 0.29) is 0 Å². The molecule has 2 aliphatic heterocycles. The van der Waals surface area contributed by atoms with Gasteiger partial charge in [-0.05, 0) is 0 Å². The molecule has 0 unspecified atom stereocenters. The van der Waals surface area contributed by atoms with Crippen LogP contribution in [0.1, 0.15) is 11.1 Å². The summed E-state index contributed by atoms with van der Waals surface area (Å²) in [5.41, 5.74) is 4.04. The summed E-state index contributed by atoms with van der Waals surface area (Å²) in [7, 11) is -6.05. The van der Waals surface area contributed by atoms with E-state index in [0.29, 0.717) is 0 Å². The molecule has 0 aromatic heterocycles. The molecule has 0 saturated carbocycles. The summed E-state index contributed by atoms with van der Waals surface area (Å²) in [5.74, 6) is 0. The number of allylic oxidation sites excluding steroid dienone is 4. The van der Waals surface area contributed by atoms with E-state index in [0.717, 1.165) is 35.6 Å². The average Bonchev–Trinajstić information content (AvgIpc) is 2.62. The summed E-state index contributed by atoms with van der Waals surface area (Å²) in [6, 6.07) is 9.50. The van der Waals surface area contributed by atoms with Crippen LogP contribution in [0.3, 0.4) is 0 Å². The number of rotatable bonds is 2. The van der Waals surface area contributed by atoms with E-state index in [1.807, 2.05) is 54.7 Å². The van der Waals surface area contributed by atoms with Gasteiger partial charge in [0.1, 0.15) is 0 Å². The molecule has 0 N–H and O–H groups in total. The van der Waals surface area contributed by atoms with Gasteiger partial charge < -0.3 is 10.6 Å². The van der Waals surface area contributed by atoms with Crippen molar-refractivity contribution in [2.75, 3.05) is 13.1 Å². The van der Waals surface area contributed by atoms with E-state index in [9.17, 15) is 25.2 Å². The number of hydrogen-bond donors (Lipinski definition) is 0. The Labute approximate surface area is 168 Å². The monoisotopic (exact) mass is 608 g/mol. The van der Waals surface area contributed by atoms with Crippen molar-refractivity contribution < 1.29 is 44.0 Å². The molecule has 2 aliphatic rings. The third-order valence-corrected chi connectivity index (χ3v) is 2.86. The Balaban J connectivity index is 0.000000346. The smallest absolute Gasteiger partial charge is 0.0765 e. The minimum atomic E-state index is -10.7. The summed E-state index contributed by atoms with van der Waals surface area (Å²) in [6.45, 7) is 1.50. The Kier molecular flexibility index (Phi) is 7.80. The van der Waals surface area contributed by atoms with Crippen molar-refractivity contribution in [3.8, 4) is 0 Å². The topological polar surface area (TPSA) is 28.2 Å². The van der Waals surface area contributed by atoms with Crippen LogP contribution in [-0.2, 0) is 18.8 Å². The second-order valence-electron chi connectivity index (χ2n) is 5.08. The largest absolute Gasteiger partial charge is 0.716 e. The van der Waals surface area contributed by atoms with Gasteiger partial charge >= 0.3 is 61.2 Å². The van der Waals surface area contributed by atoms with Crippen LogP contribution < -0.4 is 0 Å². The normalized spacial score (nSPS) is 18.0. The SMILES string of the molecule is F[P-](F)(F)(F)(F)F.[Cl][Pt+].[c-]1c(C2=CC=CC[N-]2)cccc1C1=CC=CC[N-]1. The molecule has 0 fully saturated rings. The van der Waals surface area contributed by atoms with E-state index in [1.54, 1.807) is 18.8 Å². The second-order valence-corrected chi connectivity index (χ2v) is 6.99. The van der Waals surface area contributed by atoms with Gasteiger partial charge in [0.05, 0.1) is 0 Å². The van der Waals surface area contributed by atoms with Gasteiger partial charge in [0.15, 0.2) is 0 Å². The molecule has 1 aromatic rings. The minimum absolute atomic E-state index is 0.750. The molecular weight excluding hydrogens is 596 g/mol. The zero-order valence-corrected chi connectivity index (χ0v) is 17.3. The average molecular weight is 609 g/mol. The third kappa shape index (κ3) is 12.0. The van der Waals surface area contributed by atoms with E-state index in [2.05, 4.69) is 26.1 Å². The van der Waals surface area contributed by atoms with Crippen LogP contribution in [0, 0.1) is 6.07 Å². The Hall–Kier alpha value is -1.23. The maximum absolute atomic E-state index is 10.7. The Morgan fingerprint density at radius 3 is 1.48 bits per heavy atom. The number of nitrogens with zero attached hydrogens (tertiary/aromatic N) is 2. The first kappa shape index (κ1) is 23.8. The summed E-state index contributed by atoms with van der Waals surface area (Å²) in [4.78, 5) is 0. The fourth-order valence-corrected chi connectivity index (χ4v) is 1.97. The quantitative estimate of drug-likeness (QED) is 0.184. The minimum Gasteiger partial charge on any atom is -0.716 e. The maximum atomic E-state index is 9.87. The number of benzene rings is 1. The van der Waals surface area contributed by atoms with Crippen molar-refractivity contribution in [2.45, 2.75) is 0 Å². The number of halogens is 7. The van der Waals surface area contributed by atoms with Gasteiger partial charge in [-0.3, -0.25) is 0 Å². The molecule has 2 nitrogen and oxygen atoms in total. The summed E-state index contributed by atoms with van der Waals surface area (Å²) in [5, 5.41) is 8.93. The maximum Gasteiger partial charge on any atom is -0.0765 e. The second kappa shape index (κ2) is 8.85. The van der Waals surface area contributed by atoms with E-state index < -0.39 is 7.81 Å². The van der Waals surface area contributed by atoms with Gasteiger partial charge in [0.2, 0.25) is 0 Å². The van der Waals surface area contributed by atoms with Crippen LogP contribution in [0.25, 0.3) is 22.0 Å². The van der Waals surface area contributed by atoms with Crippen LogP contribution in [0.15, 0.2) is 54.7 Å². The molecule has 0 saturated heterocycles. The summed E-state index contributed by atoms with van der Waals surface area (Å²) >= 11 is 1.61. The van der Waals surface area contributed by atoms with Gasteiger partial charge in [-0.2, -0.15) is 0 Å². The zero-order valence-electron chi connectivity index (χ0n) is 13.4. The van der Waals surface area contributed by atoms with Crippen LogP contribution in [0.5, 0.6) is 0 Å². The van der Waals surface area contributed by atoms with Crippen molar-refractivity contribution in [2.24, 2.45) is 0 Å². The molecule has 0 spiro atoms. The predicted molar refractivity (Wildman–Crippen MR) is 95.4 cm³/mol. The molecule has 0 amide bonds. The summed E-state index contributed by atoms with van der Waals surface area (Å²) < 4.78 is 59.2. The van der Waals surface area contributed by atoms with Crippen molar-refractivity contribution in [3.05, 3.63) is 82.5 Å². The molecule has 154 valence electrons. The van der Waals surface area contributed by atoms with Crippen molar-refractivity contribution in [1.29, 1.82) is 0 Å². The van der Waals surface area contributed by atoms with Crippen LogP contribution in [-0.4, -0.2) is 13.1 Å². The predicted octanol–water partition coefficient (Wildman–Crippen LogP) is 8.12. The molecule has 11 heteroatoms. The molecule has 0 radical (unpaired) electrons. The zero-order chi connectivity index (χ0) is 20.6. The van der Waals surface area contributed by atoms with Gasteiger partial charge in [0, 0.05) is 0 Å². The molecule has 2 heterocycles. The van der Waals surface area contributed by atoms with Crippen molar-refractivity contribution in [1.82, 2.24) is 0 Å². The molecule has 3 rings (SSSR count). The molecule has 0 bridgehead atoms. The first-order chi connectivity index (χ1) is 12.4. The van der Waals surface area contributed by atoms with E-state index in [4.69, 9.17) is 0 Å². The summed E-state index contributed by atoms with van der Waals surface area (Å²) in [6.07, 6.45) is 12.2. The Bertz CT molecular complexity index is 714. The van der Waals surface area contributed by atoms with E-state index in [1.165, 1.54) is 0 Å². The fraction of sp³-hybridized carbons (Fsp3) is 0.125. The molecular formula is C16H13ClF6N2PPt-3. The molecule has 0 atom stereocenters. The number of hydrogen-bond acceptors (Lipinski definition) is 0. The van der Waals surface area contributed by atoms with Crippen LogP contribution in [0.2, 0.25) is 0 Å². The fourth-order valence-electron chi connectivity index (χ4n) is 1.97. The molecule has 1 aromatic carbocycles. The van der Waals surface area contributed by atoms with Gasteiger partial charge in [-0.25, -0.2) is 11.4 Å². The Morgan fingerprint density at radius 1 is 0.815 bits per heavy atom. The van der Waals surface area contributed by atoms with Gasteiger partial charge in [-0.1, -0.05) is 12.2 Å². The van der Waals surface area contributed by atoms with Crippen LogP contribution in [0.4, 0.5) is 25.2 Å². The van der Waals surface area contributed by atoms with E-state index >= 15 is 0 Å². The van der Waals surface area contributed by atoms with Crippen molar-refractivity contribution >= 4 is 28.6 Å².